The Balaban J connectivity index is 1.19. The second-order valence-corrected chi connectivity index (χ2v) is 11.9. The van der Waals surface area contributed by atoms with Crippen LogP contribution in [0.1, 0.15) is 75.2 Å². The predicted octanol–water partition coefficient (Wildman–Crippen LogP) is 4.21. The van der Waals surface area contributed by atoms with E-state index in [1.54, 1.807) is 6.07 Å². The number of benzene rings is 2. The lowest BCUT2D eigenvalue weighted by Gasteiger charge is -2.33. The van der Waals surface area contributed by atoms with E-state index < -0.39 is 21.9 Å². The highest BCUT2D eigenvalue weighted by Gasteiger charge is 2.27. The second kappa shape index (κ2) is 15.0. The monoisotopic (exact) mass is 564 g/mol. The van der Waals surface area contributed by atoms with Crippen LogP contribution in [0.25, 0.3) is 0 Å². The molecule has 0 aromatic heterocycles. The van der Waals surface area contributed by atoms with Gasteiger partial charge in [0.2, 0.25) is 15.8 Å². The van der Waals surface area contributed by atoms with Crippen molar-refractivity contribution in [3.05, 3.63) is 53.1 Å². The molecule has 0 saturated heterocycles. The number of primary sulfonamides is 1. The molecule has 1 aliphatic heterocycles. The molecule has 4 N–H and O–H groups in total. The lowest BCUT2D eigenvalue weighted by molar-refractivity contribution is -0.180. The molecule has 0 spiro atoms. The molecule has 0 aliphatic carbocycles. The third-order valence-electron chi connectivity index (χ3n) is 6.69. The van der Waals surface area contributed by atoms with E-state index in [1.165, 1.54) is 13.2 Å². The molecule has 0 radical (unpaired) electrons. The number of hydrogen-bond donors (Lipinski definition) is 3. The zero-order valence-corrected chi connectivity index (χ0v) is 24.2. The van der Waals surface area contributed by atoms with E-state index in [4.69, 9.17) is 24.1 Å². The molecule has 218 valence electrons. The molecule has 1 heterocycles. The standard InChI is InChI=1S/C29H44N2O7S/c1-29(2)37-21-24-19-23(14-15-26(24)38-29)25(32)20-31-16-7-4-5-8-17-36-18-9-6-11-22-12-10-13-27(28(22)35-3)39(30,33)34/h10,12-15,19,25,31-32H,4-9,11,16-18,20-21H2,1-3H3,(H2,30,33,34)/t25-/m0/s1. The van der Waals surface area contributed by atoms with Gasteiger partial charge >= 0.3 is 0 Å². The molecule has 0 amide bonds. The molecule has 2 aromatic rings. The molecule has 1 atom stereocenters. The van der Waals surface area contributed by atoms with Crippen LogP contribution in [0.3, 0.4) is 0 Å². The van der Waals surface area contributed by atoms with E-state index >= 15 is 0 Å². The quantitative estimate of drug-likeness (QED) is 0.244. The summed E-state index contributed by atoms with van der Waals surface area (Å²) in [6.45, 7) is 7.04. The van der Waals surface area contributed by atoms with Crippen LogP contribution < -0.4 is 19.9 Å². The minimum absolute atomic E-state index is 0.0230. The summed E-state index contributed by atoms with van der Waals surface area (Å²) in [5, 5.41) is 19.1. The Hall–Kier alpha value is -2.21. The van der Waals surface area contributed by atoms with Gasteiger partial charge in [0.1, 0.15) is 16.4 Å². The first-order valence-electron chi connectivity index (χ1n) is 13.7. The SMILES string of the molecule is COc1c(CCCCOCCCCCCNC[C@H](O)c2ccc3c(c2)COC(C)(C)O3)cccc1S(N)(=O)=O. The third kappa shape index (κ3) is 10.0. The Labute approximate surface area is 233 Å². The predicted molar refractivity (Wildman–Crippen MR) is 150 cm³/mol. The second-order valence-electron chi connectivity index (χ2n) is 10.4. The van der Waals surface area contributed by atoms with E-state index in [2.05, 4.69) is 5.32 Å². The van der Waals surface area contributed by atoms with Crippen LogP contribution in [-0.4, -0.2) is 52.7 Å². The maximum absolute atomic E-state index is 11.7. The topological polar surface area (TPSA) is 129 Å². The van der Waals surface area contributed by atoms with Gasteiger partial charge in [0, 0.05) is 39.2 Å². The van der Waals surface area contributed by atoms with Crippen molar-refractivity contribution in [3.63, 3.8) is 0 Å². The van der Waals surface area contributed by atoms with Crippen LogP contribution in [0, 0.1) is 0 Å². The molecule has 10 heteroatoms. The number of aryl methyl sites for hydroxylation is 1. The Morgan fingerprint density at radius 2 is 1.82 bits per heavy atom. The number of nitrogens with one attached hydrogen (secondary N) is 1. The summed E-state index contributed by atoms with van der Waals surface area (Å²) in [7, 11) is -2.36. The van der Waals surface area contributed by atoms with Crippen LogP contribution in [-0.2, 0) is 32.5 Å². The van der Waals surface area contributed by atoms with Gasteiger partial charge in [0.25, 0.3) is 0 Å². The Kier molecular flexibility index (Phi) is 12.0. The van der Waals surface area contributed by atoms with Gasteiger partial charge in [0.05, 0.1) is 19.8 Å². The van der Waals surface area contributed by atoms with E-state index in [0.29, 0.717) is 31.9 Å². The Morgan fingerprint density at radius 3 is 2.56 bits per heavy atom. The normalized spacial score (nSPS) is 15.4. The number of fused-ring (bicyclic) bond motifs is 1. The van der Waals surface area contributed by atoms with E-state index in [9.17, 15) is 13.5 Å². The molecule has 39 heavy (non-hydrogen) atoms. The van der Waals surface area contributed by atoms with Crippen molar-refractivity contribution in [2.45, 2.75) is 82.2 Å². The van der Waals surface area contributed by atoms with Crippen LogP contribution in [0.15, 0.2) is 41.3 Å². The number of aliphatic hydroxyl groups excluding tert-OH is 1. The van der Waals surface area contributed by atoms with Gasteiger partial charge in [-0.05, 0) is 68.0 Å². The maximum Gasteiger partial charge on any atom is 0.241 e. The van der Waals surface area contributed by atoms with Crippen molar-refractivity contribution in [1.29, 1.82) is 0 Å². The number of nitrogens with two attached hydrogens (primary N) is 1. The van der Waals surface area contributed by atoms with Gasteiger partial charge in [-0.25, -0.2) is 13.6 Å². The molecule has 0 fully saturated rings. The number of ether oxygens (including phenoxy) is 4. The molecule has 0 bridgehead atoms. The minimum Gasteiger partial charge on any atom is -0.495 e. The lowest BCUT2D eigenvalue weighted by Crippen LogP contribution is -2.35. The van der Waals surface area contributed by atoms with Gasteiger partial charge in [-0.3, -0.25) is 0 Å². The lowest BCUT2D eigenvalue weighted by atomic mass is 10.0. The average molecular weight is 565 g/mol. The van der Waals surface area contributed by atoms with Crippen LogP contribution >= 0.6 is 0 Å². The van der Waals surface area contributed by atoms with Gasteiger partial charge < -0.3 is 29.4 Å². The molecule has 1 aliphatic rings. The van der Waals surface area contributed by atoms with Crippen LogP contribution in [0.4, 0.5) is 0 Å². The van der Waals surface area contributed by atoms with Crippen molar-refractivity contribution >= 4 is 10.0 Å². The number of aliphatic hydroxyl groups is 1. The fraction of sp³-hybridized carbons (Fsp3) is 0.586. The number of hydrogen-bond acceptors (Lipinski definition) is 8. The first kappa shape index (κ1) is 31.3. The summed E-state index contributed by atoms with van der Waals surface area (Å²) < 4.78 is 46.0. The summed E-state index contributed by atoms with van der Waals surface area (Å²) in [4.78, 5) is 0.0230. The van der Waals surface area contributed by atoms with Gasteiger partial charge in [-0.15, -0.1) is 0 Å². The highest BCUT2D eigenvalue weighted by molar-refractivity contribution is 7.89. The fourth-order valence-corrected chi connectivity index (χ4v) is 5.31. The fourth-order valence-electron chi connectivity index (χ4n) is 4.56. The van der Waals surface area contributed by atoms with Crippen LogP contribution in [0.5, 0.6) is 11.5 Å². The molecule has 2 aromatic carbocycles. The number of methoxy groups -OCH3 is 1. The maximum atomic E-state index is 11.7. The first-order valence-corrected chi connectivity index (χ1v) is 15.3. The van der Waals surface area contributed by atoms with E-state index in [1.807, 2.05) is 38.1 Å². The van der Waals surface area contributed by atoms with Crippen molar-refractivity contribution in [3.8, 4) is 11.5 Å². The summed E-state index contributed by atoms with van der Waals surface area (Å²) >= 11 is 0. The highest BCUT2D eigenvalue weighted by Crippen LogP contribution is 2.33. The van der Waals surface area contributed by atoms with Crippen molar-refractivity contribution in [2.24, 2.45) is 5.14 Å². The van der Waals surface area contributed by atoms with Gasteiger partial charge in [0.15, 0.2) is 0 Å². The molecular formula is C29H44N2O7S. The molecular weight excluding hydrogens is 520 g/mol. The van der Waals surface area contributed by atoms with Gasteiger partial charge in [-0.1, -0.05) is 31.0 Å². The molecule has 9 nitrogen and oxygen atoms in total. The zero-order valence-electron chi connectivity index (χ0n) is 23.4. The van der Waals surface area contributed by atoms with Crippen LogP contribution in [0.2, 0.25) is 0 Å². The summed E-state index contributed by atoms with van der Waals surface area (Å²) in [6, 6.07) is 10.8. The number of rotatable bonds is 17. The van der Waals surface area contributed by atoms with E-state index in [-0.39, 0.29) is 4.90 Å². The first-order chi connectivity index (χ1) is 18.6. The number of unbranched alkanes of at least 4 members (excludes halogenated alkanes) is 4. The van der Waals surface area contributed by atoms with Gasteiger partial charge in [-0.2, -0.15) is 0 Å². The Morgan fingerprint density at radius 1 is 1.08 bits per heavy atom. The average Bonchev–Trinajstić information content (AvgIpc) is 2.89. The zero-order chi connectivity index (χ0) is 28.3. The van der Waals surface area contributed by atoms with E-state index in [0.717, 1.165) is 74.1 Å². The molecule has 0 unspecified atom stereocenters. The number of para-hydroxylation sites is 1. The summed E-state index contributed by atoms with van der Waals surface area (Å²) in [6.07, 6.45) is 6.15. The van der Waals surface area contributed by atoms with Crippen molar-refractivity contribution in [2.75, 3.05) is 33.4 Å². The molecule has 3 rings (SSSR count). The summed E-state index contributed by atoms with van der Waals surface area (Å²) in [5.41, 5.74) is 2.66. The number of sulfonamides is 1. The third-order valence-corrected chi connectivity index (χ3v) is 7.62. The summed E-state index contributed by atoms with van der Waals surface area (Å²) in [5.74, 6) is 0.524. The minimum atomic E-state index is -3.82. The Bertz CT molecular complexity index is 1150. The smallest absolute Gasteiger partial charge is 0.241 e. The highest BCUT2D eigenvalue weighted by atomic mass is 32.2. The largest absolute Gasteiger partial charge is 0.495 e. The van der Waals surface area contributed by atoms with Crippen molar-refractivity contribution < 1.29 is 32.5 Å². The van der Waals surface area contributed by atoms with Crippen molar-refractivity contribution in [1.82, 2.24) is 5.32 Å². The molecule has 0 saturated carbocycles.